The minimum absolute atomic E-state index is 0.0113. The first-order valence-corrected chi connectivity index (χ1v) is 10.5. The van der Waals surface area contributed by atoms with E-state index in [9.17, 15) is 22.0 Å². The highest BCUT2D eigenvalue weighted by atomic mass is 32.2. The lowest BCUT2D eigenvalue weighted by atomic mass is 10.1. The Morgan fingerprint density at radius 1 is 1.14 bits per heavy atom. The fourth-order valence-corrected chi connectivity index (χ4v) is 4.57. The van der Waals surface area contributed by atoms with Crippen molar-refractivity contribution in [2.45, 2.75) is 31.7 Å². The van der Waals surface area contributed by atoms with Crippen molar-refractivity contribution in [2.24, 2.45) is 0 Å². The zero-order valence-corrected chi connectivity index (χ0v) is 17.5. The molecule has 29 heavy (non-hydrogen) atoms. The number of sulfonamides is 1. The molecule has 1 N–H and O–H groups in total. The van der Waals surface area contributed by atoms with Gasteiger partial charge in [-0.05, 0) is 43.3 Å². The lowest BCUT2D eigenvalue weighted by Gasteiger charge is -2.21. The Hall–Kier alpha value is -2.52. The molecule has 1 amide bonds. The molecule has 0 saturated carbocycles. The second-order valence-electron chi connectivity index (χ2n) is 6.32. The van der Waals surface area contributed by atoms with Crippen molar-refractivity contribution in [3.8, 4) is 5.75 Å². The molecule has 0 aromatic heterocycles. The lowest BCUT2D eigenvalue weighted by Crippen LogP contribution is -2.31. The van der Waals surface area contributed by atoms with Crippen LogP contribution in [0.25, 0.3) is 0 Å². The van der Waals surface area contributed by atoms with Crippen LogP contribution in [0, 0.1) is 11.6 Å². The highest BCUT2D eigenvalue weighted by Crippen LogP contribution is 2.28. The third-order valence-corrected chi connectivity index (χ3v) is 6.59. The molecule has 6 nitrogen and oxygen atoms in total. The van der Waals surface area contributed by atoms with Crippen molar-refractivity contribution in [3.63, 3.8) is 0 Å². The van der Waals surface area contributed by atoms with Crippen LogP contribution in [0.2, 0.25) is 0 Å². The van der Waals surface area contributed by atoms with Gasteiger partial charge in [-0.3, -0.25) is 4.79 Å². The molecular weight excluding hydrogens is 402 g/mol. The maximum Gasteiger partial charge on any atom is 0.251 e. The number of methoxy groups -OCH3 is 1. The molecule has 0 bridgehead atoms. The monoisotopic (exact) mass is 426 g/mol. The van der Waals surface area contributed by atoms with Gasteiger partial charge in [0.25, 0.3) is 5.91 Å². The normalized spacial score (nSPS) is 12.7. The van der Waals surface area contributed by atoms with Gasteiger partial charge in [0.15, 0.2) is 0 Å². The largest absolute Gasteiger partial charge is 0.495 e. The van der Waals surface area contributed by atoms with Crippen molar-refractivity contribution in [1.29, 1.82) is 0 Å². The first kappa shape index (κ1) is 22.8. The molecule has 1 atom stereocenters. The van der Waals surface area contributed by atoms with Gasteiger partial charge < -0.3 is 10.1 Å². The molecule has 2 rings (SSSR count). The molecular formula is C20H24F2N2O4S. The van der Waals surface area contributed by atoms with Crippen LogP contribution in [0.4, 0.5) is 8.78 Å². The summed E-state index contributed by atoms with van der Waals surface area (Å²) in [5.41, 5.74) is 0.0445. The highest BCUT2D eigenvalue weighted by molar-refractivity contribution is 7.89. The number of hydrogen-bond donors (Lipinski definition) is 1. The number of nitrogens with one attached hydrogen (secondary N) is 1. The van der Waals surface area contributed by atoms with Crippen LogP contribution in [0.1, 0.15) is 42.7 Å². The summed E-state index contributed by atoms with van der Waals surface area (Å²) in [5, 5.41) is 2.56. The average molecular weight is 426 g/mol. The standard InChI is InChI=1S/C20H24F2N2O4S/c1-5-24(6-2)29(26,27)19-11-14(7-10-18(19)28-4)20(25)23-13(3)16-12-15(21)8-9-17(16)22/h7-13H,5-6H2,1-4H3,(H,23,25). The second-order valence-corrected chi connectivity index (χ2v) is 8.22. The van der Waals surface area contributed by atoms with Gasteiger partial charge in [-0.2, -0.15) is 4.31 Å². The van der Waals surface area contributed by atoms with Crippen LogP contribution in [0.3, 0.4) is 0 Å². The third kappa shape index (κ3) is 4.91. The summed E-state index contributed by atoms with van der Waals surface area (Å²) in [5.74, 6) is -1.80. The number of hydrogen-bond acceptors (Lipinski definition) is 4. The molecule has 2 aromatic carbocycles. The van der Waals surface area contributed by atoms with Gasteiger partial charge in [0, 0.05) is 24.2 Å². The number of carbonyl (C=O) groups excluding carboxylic acids is 1. The smallest absolute Gasteiger partial charge is 0.251 e. The first-order valence-electron chi connectivity index (χ1n) is 9.09. The summed E-state index contributed by atoms with van der Waals surface area (Å²) in [4.78, 5) is 12.5. The summed E-state index contributed by atoms with van der Waals surface area (Å²) in [6.45, 7) is 5.44. The summed E-state index contributed by atoms with van der Waals surface area (Å²) >= 11 is 0. The Balaban J connectivity index is 2.38. The molecule has 0 heterocycles. The van der Waals surface area contributed by atoms with E-state index in [4.69, 9.17) is 4.74 Å². The van der Waals surface area contributed by atoms with Crippen molar-refractivity contribution < 1.29 is 26.7 Å². The molecule has 158 valence electrons. The van der Waals surface area contributed by atoms with E-state index in [2.05, 4.69) is 5.32 Å². The van der Waals surface area contributed by atoms with Crippen LogP contribution in [0.5, 0.6) is 5.75 Å². The predicted molar refractivity (Wildman–Crippen MR) is 105 cm³/mol. The molecule has 0 aliphatic rings. The fourth-order valence-electron chi connectivity index (χ4n) is 2.93. The van der Waals surface area contributed by atoms with E-state index in [-0.39, 0.29) is 34.9 Å². The quantitative estimate of drug-likeness (QED) is 0.701. The summed E-state index contributed by atoms with van der Waals surface area (Å²) in [6, 6.07) is 6.16. The van der Waals surface area contributed by atoms with Gasteiger partial charge in [-0.15, -0.1) is 0 Å². The Labute approximate surface area is 169 Å². The average Bonchev–Trinajstić information content (AvgIpc) is 2.69. The second kappa shape index (κ2) is 9.32. The zero-order valence-electron chi connectivity index (χ0n) is 16.7. The van der Waals surface area contributed by atoms with Gasteiger partial charge in [-0.25, -0.2) is 17.2 Å². The van der Waals surface area contributed by atoms with Crippen LogP contribution >= 0.6 is 0 Å². The lowest BCUT2D eigenvalue weighted by molar-refractivity contribution is 0.0939. The van der Waals surface area contributed by atoms with Crippen LogP contribution < -0.4 is 10.1 Å². The number of nitrogens with zero attached hydrogens (tertiary/aromatic N) is 1. The molecule has 2 aromatic rings. The number of benzene rings is 2. The van der Waals surface area contributed by atoms with Crippen molar-refractivity contribution in [1.82, 2.24) is 9.62 Å². The molecule has 0 radical (unpaired) electrons. The Morgan fingerprint density at radius 3 is 2.38 bits per heavy atom. The predicted octanol–water partition coefficient (Wildman–Crippen LogP) is 3.49. The van der Waals surface area contributed by atoms with E-state index in [0.717, 1.165) is 18.2 Å². The first-order chi connectivity index (χ1) is 13.6. The minimum atomic E-state index is -3.87. The van der Waals surface area contributed by atoms with Crippen molar-refractivity contribution >= 4 is 15.9 Å². The van der Waals surface area contributed by atoms with Gasteiger partial charge >= 0.3 is 0 Å². The third-order valence-electron chi connectivity index (χ3n) is 4.52. The highest BCUT2D eigenvalue weighted by Gasteiger charge is 2.27. The number of amides is 1. The molecule has 0 saturated heterocycles. The number of carbonyl (C=O) groups is 1. The topological polar surface area (TPSA) is 75.7 Å². The number of rotatable bonds is 8. The van der Waals surface area contributed by atoms with Crippen molar-refractivity contribution in [3.05, 3.63) is 59.2 Å². The van der Waals surface area contributed by atoms with E-state index >= 15 is 0 Å². The van der Waals surface area contributed by atoms with E-state index in [1.807, 2.05) is 0 Å². The molecule has 0 spiro atoms. The van der Waals surface area contributed by atoms with Crippen molar-refractivity contribution in [2.75, 3.05) is 20.2 Å². The number of halogens is 2. The Bertz CT molecular complexity index is 992. The fraction of sp³-hybridized carbons (Fsp3) is 0.350. The maximum atomic E-state index is 13.9. The van der Waals surface area contributed by atoms with Gasteiger partial charge in [0.2, 0.25) is 10.0 Å². The van der Waals surface area contributed by atoms with Gasteiger partial charge in [0.1, 0.15) is 22.3 Å². The van der Waals surface area contributed by atoms with E-state index in [0.29, 0.717) is 0 Å². The number of ether oxygens (including phenoxy) is 1. The molecule has 9 heteroatoms. The maximum absolute atomic E-state index is 13.9. The summed E-state index contributed by atoms with van der Waals surface area (Å²) in [7, 11) is -2.54. The van der Waals surface area contributed by atoms with Gasteiger partial charge in [0.05, 0.1) is 13.2 Å². The van der Waals surface area contributed by atoms with Crippen LogP contribution in [-0.4, -0.2) is 38.8 Å². The summed E-state index contributed by atoms with van der Waals surface area (Å²) < 4.78 is 59.6. The molecule has 0 aliphatic carbocycles. The Kier molecular flexibility index (Phi) is 7.32. The van der Waals surface area contributed by atoms with E-state index in [1.165, 1.54) is 36.5 Å². The van der Waals surface area contributed by atoms with E-state index in [1.54, 1.807) is 13.8 Å². The zero-order chi connectivity index (χ0) is 21.8. The van der Waals surface area contributed by atoms with Gasteiger partial charge in [-0.1, -0.05) is 13.8 Å². The van der Waals surface area contributed by atoms with Crippen LogP contribution in [-0.2, 0) is 10.0 Å². The SMILES string of the molecule is CCN(CC)S(=O)(=O)c1cc(C(=O)NC(C)c2cc(F)ccc2F)ccc1OC. The molecule has 0 fully saturated rings. The Morgan fingerprint density at radius 2 is 1.79 bits per heavy atom. The minimum Gasteiger partial charge on any atom is -0.495 e. The summed E-state index contributed by atoms with van der Waals surface area (Å²) in [6.07, 6.45) is 0. The van der Waals surface area contributed by atoms with Crippen LogP contribution in [0.15, 0.2) is 41.3 Å². The molecule has 0 aliphatic heterocycles. The van der Waals surface area contributed by atoms with E-state index < -0.39 is 33.6 Å². The molecule has 1 unspecified atom stereocenters.